The molecule has 2 aromatic heterocycles. The molecule has 1 aliphatic heterocycles. The molecule has 2 aliphatic rings. The number of rotatable bonds is 8. The average molecular weight is 557 g/mol. The summed E-state index contributed by atoms with van der Waals surface area (Å²) in [6.45, 7) is 1.13. The number of nitrogens with two attached hydrogens (primary N) is 1. The van der Waals surface area contributed by atoms with Gasteiger partial charge in [-0.3, -0.25) is 14.9 Å². The van der Waals surface area contributed by atoms with Crippen molar-refractivity contribution in [3.63, 3.8) is 0 Å². The third-order valence-corrected chi connectivity index (χ3v) is 9.46. The minimum Gasteiger partial charge on any atom is -0.383 e. The number of nitrogen functional groups attached to an aromatic ring is 1. The lowest BCUT2D eigenvalue weighted by molar-refractivity contribution is -0.135. The van der Waals surface area contributed by atoms with Gasteiger partial charge < -0.3 is 21.7 Å². The summed E-state index contributed by atoms with van der Waals surface area (Å²) < 4.78 is 1.03. The number of carbonyl (C=O) groups excluding carboxylic acids is 2. The first-order valence-corrected chi connectivity index (χ1v) is 15.0. The van der Waals surface area contributed by atoms with Crippen LogP contribution >= 0.6 is 11.3 Å². The van der Waals surface area contributed by atoms with Crippen molar-refractivity contribution in [2.75, 3.05) is 18.8 Å². The number of benzene rings is 2. The topological polar surface area (TPSA) is 121 Å². The first kappa shape index (κ1) is 26.7. The Morgan fingerprint density at radius 3 is 2.70 bits per heavy atom. The van der Waals surface area contributed by atoms with Gasteiger partial charge in [-0.15, -0.1) is 11.3 Å². The molecule has 2 atom stereocenters. The SMILES string of the molecule is Nc1nccc2sc(CNC(=O)C3(NC(=O)CNC4CCCCC4)NCCC3c3cccc4ccccc34)cc12. The van der Waals surface area contributed by atoms with Gasteiger partial charge in [0, 0.05) is 33.1 Å². The van der Waals surface area contributed by atoms with Gasteiger partial charge >= 0.3 is 0 Å². The molecular formula is C31H36N6O2S. The maximum atomic E-state index is 14.1. The summed E-state index contributed by atoms with van der Waals surface area (Å²) in [4.78, 5) is 32.7. The molecule has 1 saturated carbocycles. The van der Waals surface area contributed by atoms with Crippen LogP contribution in [0.2, 0.25) is 0 Å². The number of carbonyl (C=O) groups is 2. The van der Waals surface area contributed by atoms with E-state index in [1.165, 1.54) is 19.3 Å². The summed E-state index contributed by atoms with van der Waals surface area (Å²) in [5.74, 6) is -0.174. The Hall–Kier alpha value is -3.53. The van der Waals surface area contributed by atoms with E-state index >= 15 is 0 Å². The molecule has 0 bridgehead atoms. The largest absolute Gasteiger partial charge is 0.383 e. The molecule has 2 amide bonds. The van der Waals surface area contributed by atoms with Crippen molar-refractivity contribution >= 4 is 49.8 Å². The van der Waals surface area contributed by atoms with E-state index in [1.807, 2.05) is 30.3 Å². The van der Waals surface area contributed by atoms with Crippen LogP contribution in [0.1, 0.15) is 54.9 Å². The molecule has 2 aromatic carbocycles. The number of hydrogen-bond donors (Lipinski definition) is 5. The monoisotopic (exact) mass is 556 g/mol. The van der Waals surface area contributed by atoms with Gasteiger partial charge in [-0.05, 0) is 54.3 Å². The molecule has 6 rings (SSSR count). The average Bonchev–Trinajstić information content (AvgIpc) is 3.60. The number of anilines is 1. The second-order valence-corrected chi connectivity index (χ2v) is 12.1. The van der Waals surface area contributed by atoms with E-state index in [4.69, 9.17) is 5.73 Å². The quantitative estimate of drug-likeness (QED) is 0.222. The maximum Gasteiger partial charge on any atom is 0.261 e. The molecular weight excluding hydrogens is 520 g/mol. The third-order valence-electron chi connectivity index (χ3n) is 8.36. The smallest absolute Gasteiger partial charge is 0.261 e. The molecule has 40 heavy (non-hydrogen) atoms. The molecule has 2 fully saturated rings. The van der Waals surface area contributed by atoms with Gasteiger partial charge in [-0.1, -0.05) is 61.7 Å². The predicted octanol–water partition coefficient (Wildman–Crippen LogP) is 4.16. The van der Waals surface area contributed by atoms with Crippen LogP contribution in [-0.4, -0.2) is 41.6 Å². The van der Waals surface area contributed by atoms with Crippen molar-refractivity contribution in [3.8, 4) is 0 Å². The number of nitrogens with zero attached hydrogens (tertiary/aromatic N) is 1. The number of amides is 2. The van der Waals surface area contributed by atoms with E-state index in [0.29, 0.717) is 24.9 Å². The van der Waals surface area contributed by atoms with Crippen molar-refractivity contribution in [1.82, 2.24) is 26.3 Å². The van der Waals surface area contributed by atoms with Crippen LogP contribution in [-0.2, 0) is 16.1 Å². The highest BCUT2D eigenvalue weighted by Gasteiger charge is 2.51. The Morgan fingerprint density at radius 1 is 1.02 bits per heavy atom. The number of nitrogens with one attached hydrogen (secondary N) is 4. The second kappa shape index (κ2) is 11.5. The Kier molecular flexibility index (Phi) is 7.69. The zero-order valence-electron chi connectivity index (χ0n) is 22.5. The van der Waals surface area contributed by atoms with Gasteiger partial charge in [0.1, 0.15) is 5.82 Å². The molecule has 0 spiro atoms. The molecule has 0 radical (unpaired) electrons. The summed E-state index contributed by atoms with van der Waals surface area (Å²) in [5.41, 5.74) is 5.84. The van der Waals surface area contributed by atoms with Crippen LogP contribution in [0.3, 0.4) is 0 Å². The number of hydrogen-bond acceptors (Lipinski definition) is 7. The number of thiophene rings is 1. The number of aromatic nitrogens is 1. The molecule has 1 aliphatic carbocycles. The highest BCUT2D eigenvalue weighted by Crippen LogP contribution is 2.38. The Bertz CT molecular complexity index is 1530. The van der Waals surface area contributed by atoms with E-state index in [2.05, 4.69) is 50.5 Å². The molecule has 2 unspecified atom stereocenters. The number of fused-ring (bicyclic) bond motifs is 2. The van der Waals surface area contributed by atoms with Crippen molar-refractivity contribution in [2.24, 2.45) is 0 Å². The lowest BCUT2D eigenvalue weighted by atomic mass is 9.83. The van der Waals surface area contributed by atoms with Crippen molar-refractivity contribution in [2.45, 2.75) is 62.7 Å². The summed E-state index contributed by atoms with van der Waals surface area (Å²) in [7, 11) is 0. The van der Waals surface area contributed by atoms with E-state index in [0.717, 1.165) is 50.6 Å². The van der Waals surface area contributed by atoms with Gasteiger partial charge in [0.05, 0.1) is 13.1 Å². The van der Waals surface area contributed by atoms with Crippen molar-refractivity contribution < 1.29 is 9.59 Å². The lowest BCUT2D eigenvalue weighted by Gasteiger charge is -2.36. The molecule has 1 saturated heterocycles. The highest BCUT2D eigenvalue weighted by molar-refractivity contribution is 7.19. The molecule has 208 valence electrons. The molecule has 4 aromatic rings. The van der Waals surface area contributed by atoms with E-state index in [-0.39, 0.29) is 24.3 Å². The lowest BCUT2D eigenvalue weighted by Crippen LogP contribution is -2.67. The van der Waals surface area contributed by atoms with Crippen LogP contribution < -0.4 is 27.0 Å². The first-order valence-electron chi connectivity index (χ1n) is 14.2. The van der Waals surface area contributed by atoms with Crippen LogP contribution in [0.5, 0.6) is 0 Å². The first-order chi connectivity index (χ1) is 19.5. The van der Waals surface area contributed by atoms with Crippen LogP contribution in [0, 0.1) is 0 Å². The van der Waals surface area contributed by atoms with Crippen LogP contribution in [0.15, 0.2) is 60.8 Å². The maximum absolute atomic E-state index is 14.1. The van der Waals surface area contributed by atoms with Gasteiger partial charge in [0.25, 0.3) is 5.91 Å². The molecule has 8 nitrogen and oxygen atoms in total. The van der Waals surface area contributed by atoms with E-state index in [1.54, 1.807) is 17.5 Å². The van der Waals surface area contributed by atoms with E-state index < -0.39 is 5.66 Å². The summed E-state index contributed by atoms with van der Waals surface area (Å²) >= 11 is 1.58. The third kappa shape index (κ3) is 5.29. The Labute approximate surface area is 238 Å². The Morgan fingerprint density at radius 2 is 1.85 bits per heavy atom. The van der Waals surface area contributed by atoms with Gasteiger partial charge in [-0.25, -0.2) is 4.98 Å². The molecule has 3 heterocycles. The van der Waals surface area contributed by atoms with E-state index in [9.17, 15) is 9.59 Å². The fourth-order valence-electron chi connectivity index (χ4n) is 6.36. The zero-order valence-corrected chi connectivity index (χ0v) is 23.4. The zero-order chi connectivity index (χ0) is 27.5. The Balaban J connectivity index is 1.27. The van der Waals surface area contributed by atoms with Gasteiger partial charge in [0.15, 0.2) is 5.66 Å². The highest BCUT2D eigenvalue weighted by atomic mass is 32.1. The normalized spacial score (nSPS) is 21.6. The second-order valence-electron chi connectivity index (χ2n) is 10.9. The van der Waals surface area contributed by atoms with Gasteiger partial charge in [-0.2, -0.15) is 0 Å². The molecule has 9 heteroatoms. The fourth-order valence-corrected chi connectivity index (χ4v) is 7.37. The standard InChI is InChI=1S/C31H36N6O2S/c32-29-25-17-22(40-27(25)14-15-33-29)18-35-30(39)31(37-28(38)19-34-21-9-2-1-3-10-21)26(13-16-36-31)24-12-6-8-20-7-4-5-11-23(20)24/h4-8,11-12,14-15,17,21,26,34,36H,1-3,9-10,13,16,18-19H2,(H2,32,33)(H,35,39)(H,37,38). The van der Waals surface area contributed by atoms with Gasteiger partial charge in [0.2, 0.25) is 5.91 Å². The number of pyridine rings is 1. The predicted molar refractivity (Wildman–Crippen MR) is 161 cm³/mol. The van der Waals surface area contributed by atoms with Crippen molar-refractivity contribution in [3.05, 3.63) is 71.2 Å². The van der Waals surface area contributed by atoms with Crippen LogP contribution in [0.25, 0.3) is 20.9 Å². The summed E-state index contributed by atoms with van der Waals surface area (Å²) in [6.07, 6.45) is 8.23. The van der Waals surface area contributed by atoms with Crippen LogP contribution in [0.4, 0.5) is 5.82 Å². The fraction of sp³-hybridized carbons (Fsp3) is 0.387. The van der Waals surface area contributed by atoms with Crippen molar-refractivity contribution in [1.29, 1.82) is 0 Å². The minimum atomic E-state index is -1.27. The molecule has 6 N–H and O–H groups in total. The summed E-state index contributed by atoms with van der Waals surface area (Å²) in [5, 5.41) is 16.3. The summed E-state index contributed by atoms with van der Waals surface area (Å²) in [6, 6.07) is 18.7. The minimum absolute atomic E-state index is 0.180.